The highest BCUT2D eigenvalue weighted by molar-refractivity contribution is 5.29. The van der Waals surface area contributed by atoms with Crippen molar-refractivity contribution in [2.75, 3.05) is 33.5 Å². The molecule has 1 aromatic rings. The van der Waals surface area contributed by atoms with E-state index in [0.29, 0.717) is 26.4 Å². The van der Waals surface area contributed by atoms with Gasteiger partial charge in [-0.1, -0.05) is 0 Å². The number of ether oxygens (including phenoxy) is 3. The predicted octanol–water partition coefficient (Wildman–Crippen LogP) is 0.780. The van der Waals surface area contributed by atoms with Gasteiger partial charge in [0.15, 0.2) is 0 Å². The molecule has 92 valence electrons. The average molecular weight is 237 g/mol. The number of hydrogen-bond donors (Lipinski definition) is 0. The molecule has 0 aliphatic rings. The third kappa shape index (κ3) is 5.24. The minimum atomic E-state index is 0.202. The summed E-state index contributed by atoms with van der Waals surface area (Å²) in [7, 11) is 1.63. The first-order valence-corrected chi connectivity index (χ1v) is 5.29. The van der Waals surface area contributed by atoms with E-state index in [2.05, 4.69) is 9.97 Å². The largest absolute Gasteiger partial charge is 0.476 e. The number of nitrogens with zero attached hydrogens (tertiary/aromatic N) is 3. The van der Waals surface area contributed by atoms with Crippen LogP contribution in [0.25, 0.3) is 0 Å². The second kappa shape index (κ2) is 8.44. The van der Waals surface area contributed by atoms with Gasteiger partial charge in [0, 0.05) is 32.5 Å². The second-order valence-electron chi connectivity index (χ2n) is 3.13. The van der Waals surface area contributed by atoms with E-state index in [1.807, 2.05) is 6.07 Å². The van der Waals surface area contributed by atoms with E-state index >= 15 is 0 Å². The molecule has 0 N–H and O–H groups in total. The van der Waals surface area contributed by atoms with Crippen LogP contribution in [0.15, 0.2) is 12.4 Å². The molecule has 0 bridgehead atoms. The van der Waals surface area contributed by atoms with Gasteiger partial charge in [0.1, 0.15) is 6.07 Å². The van der Waals surface area contributed by atoms with Crippen molar-refractivity contribution in [3.8, 4) is 11.9 Å². The first-order chi connectivity index (χ1) is 8.38. The summed E-state index contributed by atoms with van der Waals surface area (Å²) in [6.45, 7) is 2.19. The van der Waals surface area contributed by atoms with Gasteiger partial charge in [-0.05, 0) is 0 Å². The maximum absolute atomic E-state index is 8.75. The molecule has 1 heterocycles. The molecular weight excluding hydrogens is 222 g/mol. The Labute approximate surface area is 100 Å². The molecule has 0 saturated carbocycles. The third-order valence-electron chi connectivity index (χ3n) is 1.87. The lowest BCUT2D eigenvalue weighted by molar-refractivity contribution is 0.0641. The van der Waals surface area contributed by atoms with E-state index in [1.54, 1.807) is 7.11 Å². The Balaban J connectivity index is 2.16. The minimum Gasteiger partial charge on any atom is -0.476 e. The lowest BCUT2D eigenvalue weighted by Gasteiger charge is -2.06. The molecule has 0 saturated heterocycles. The zero-order valence-corrected chi connectivity index (χ0v) is 9.76. The van der Waals surface area contributed by atoms with Crippen LogP contribution in [-0.2, 0) is 9.47 Å². The number of nitriles is 1. The van der Waals surface area contributed by atoms with Gasteiger partial charge >= 0.3 is 0 Å². The summed E-state index contributed by atoms with van der Waals surface area (Å²) >= 11 is 0. The number of hydrogen-bond acceptors (Lipinski definition) is 6. The van der Waals surface area contributed by atoms with Gasteiger partial charge in [-0.3, -0.25) is 0 Å². The van der Waals surface area contributed by atoms with Crippen molar-refractivity contribution in [2.24, 2.45) is 0 Å². The zero-order chi connectivity index (χ0) is 12.3. The van der Waals surface area contributed by atoms with Crippen LogP contribution in [0, 0.1) is 11.3 Å². The topological polar surface area (TPSA) is 77.3 Å². The maximum atomic E-state index is 8.75. The highest BCUT2D eigenvalue weighted by atomic mass is 16.5. The van der Waals surface area contributed by atoms with Crippen molar-refractivity contribution < 1.29 is 14.2 Å². The predicted molar refractivity (Wildman–Crippen MR) is 59.6 cm³/mol. The van der Waals surface area contributed by atoms with Crippen molar-refractivity contribution in [2.45, 2.75) is 6.42 Å². The molecule has 17 heavy (non-hydrogen) atoms. The van der Waals surface area contributed by atoms with Crippen molar-refractivity contribution in [3.05, 3.63) is 18.1 Å². The van der Waals surface area contributed by atoms with E-state index in [-0.39, 0.29) is 11.6 Å². The lowest BCUT2D eigenvalue weighted by atomic mass is 10.4. The minimum absolute atomic E-state index is 0.202. The van der Waals surface area contributed by atoms with Gasteiger partial charge in [-0.2, -0.15) is 5.26 Å². The molecule has 0 fully saturated rings. The van der Waals surface area contributed by atoms with Gasteiger partial charge in [0.25, 0.3) is 5.88 Å². The molecular formula is C11H15N3O3. The molecule has 6 nitrogen and oxygen atoms in total. The molecule has 0 amide bonds. The van der Waals surface area contributed by atoms with Crippen molar-refractivity contribution >= 4 is 0 Å². The summed E-state index contributed by atoms with van der Waals surface area (Å²) in [5.41, 5.74) is 0.202. The van der Waals surface area contributed by atoms with Crippen molar-refractivity contribution in [3.63, 3.8) is 0 Å². The Kier molecular flexibility index (Phi) is 6.63. The molecule has 0 spiro atoms. The first-order valence-electron chi connectivity index (χ1n) is 5.29. The smallest absolute Gasteiger partial charge is 0.251 e. The highest BCUT2D eigenvalue weighted by Crippen LogP contribution is 2.09. The molecule has 0 radical (unpaired) electrons. The van der Waals surface area contributed by atoms with Crippen LogP contribution in [0.4, 0.5) is 0 Å². The zero-order valence-electron chi connectivity index (χ0n) is 9.76. The van der Waals surface area contributed by atoms with Crippen LogP contribution in [0.1, 0.15) is 12.1 Å². The van der Waals surface area contributed by atoms with E-state index in [4.69, 9.17) is 19.5 Å². The van der Waals surface area contributed by atoms with E-state index in [9.17, 15) is 0 Å². The van der Waals surface area contributed by atoms with Gasteiger partial charge < -0.3 is 14.2 Å². The Morgan fingerprint density at radius 3 is 2.76 bits per heavy atom. The molecule has 1 aromatic heterocycles. The van der Waals surface area contributed by atoms with E-state index < -0.39 is 0 Å². The quantitative estimate of drug-likeness (QED) is 0.622. The summed E-state index contributed by atoms with van der Waals surface area (Å²) in [5.74, 6) is 0.270. The fraction of sp³-hybridized carbons (Fsp3) is 0.545. The highest BCUT2D eigenvalue weighted by Gasteiger charge is 2.04. The van der Waals surface area contributed by atoms with Crippen LogP contribution in [0.3, 0.4) is 0 Å². The summed E-state index contributed by atoms with van der Waals surface area (Å²) in [6.07, 6.45) is 3.68. The third-order valence-corrected chi connectivity index (χ3v) is 1.87. The molecule has 0 unspecified atom stereocenters. The summed E-state index contributed by atoms with van der Waals surface area (Å²) in [6, 6.07) is 1.92. The van der Waals surface area contributed by atoms with Gasteiger partial charge in [0.2, 0.25) is 5.69 Å². The Morgan fingerprint density at radius 1 is 1.18 bits per heavy atom. The monoisotopic (exact) mass is 237 g/mol. The Morgan fingerprint density at radius 2 is 2.00 bits per heavy atom. The molecule has 0 atom stereocenters. The second-order valence-corrected chi connectivity index (χ2v) is 3.13. The summed E-state index contributed by atoms with van der Waals surface area (Å²) < 4.78 is 15.4. The fourth-order valence-electron chi connectivity index (χ4n) is 1.08. The standard InChI is InChI=1S/C11H15N3O3/c1-15-7-8-16-5-2-6-17-11-10(9-12)13-3-4-14-11/h3-4H,2,5-8H2,1H3. The normalized spacial score (nSPS) is 9.88. The first kappa shape index (κ1) is 13.4. The fourth-order valence-corrected chi connectivity index (χ4v) is 1.08. The Bertz CT molecular complexity index is 365. The van der Waals surface area contributed by atoms with Crippen LogP contribution in [0.5, 0.6) is 5.88 Å². The van der Waals surface area contributed by atoms with E-state index in [0.717, 1.165) is 6.42 Å². The van der Waals surface area contributed by atoms with Crippen LogP contribution >= 0.6 is 0 Å². The number of aromatic nitrogens is 2. The summed E-state index contributed by atoms with van der Waals surface area (Å²) in [5, 5.41) is 8.75. The van der Waals surface area contributed by atoms with Crippen molar-refractivity contribution in [1.82, 2.24) is 9.97 Å². The van der Waals surface area contributed by atoms with Crippen molar-refractivity contribution in [1.29, 1.82) is 5.26 Å². The van der Waals surface area contributed by atoms with Gasteiger partial charge in [-0.15, -0.1) is 0 Å². The number of methoxy groups -OCH3 is 1. The van der Waals surface area contributed by atoms with E-state index in [1.165, 1.54) is 12.4 Å². The molecule has 1 rings (SSSR count). The Hall–Kier alpha value is -1.71. The summed E-state index contributed by atoms with van der Waals surface area (Å²) in [4.78, 5) is 7.77. The molecule has 0 aromatic carbocycles. The SMILES string of the molecule is COCCOCCCOc1nccnc1C#N. The molecule has 0 aliphatic carbocycles. The van der Waals surface area contributed by atoms with Crippen LogP contribution < -0.4 is 4.74 Å². The lowest BCUT2D eigenvalue weighted by Crippen LogP contribution is -2.08. The molecule has 6 heteroatoms. The maximum Gasteiger partial charge on any atom is 0.251 e. The van der Waals surface area contributed by atoms with Crippen LogP contribution in [0.2, 0.25) is 0 Å². The van der Waals surface area contributed by atoms with Gasteiger partial charge in [0.05, 0.1) is 19.8 Å². The van der Waals surface area contributed by atoms with Gasteiger partial charge in [-0.25, -0.2) is 9.97 Å². The molecule has 0 aliphatic heterocycles. The van der Waals surface area contributed by atoms with Crippen LogP contribution in [-0.4, -0.2) is 43.5 Å². The number of rotatable bonds is 8. The average Bonchev–Trinajstić information content (AvgIpc) is 2.38.